The molecule has 2 aromatic heterocycles. The van der Waals surface area contributed by atoms with Crippen molar-refractivity contribution in [3.8, 4) is 0 Å². The van der Waals surface area contributed by atoms with Gasteiger partial charge in [0.1, 0.15) is 0 Å². The maximum Gasteiger partial charge on any atom is 0.254 e. The smallest absolute Gasteiger partial charge is 0.254 e. The molecule has 1 unspecified atom stereocenters. The van der Waals surface area contributed by atoms with Crippen LogP contribution in [0.3, 0.4) is 0 Å². The highest BCUT2D eigenvalue weighted by atomic mass is 16.3. The second-order valence-corrected chi connectivity index (χ2v) is 5.58. The highest BCUT2D eigenvalue weighted by Gasteiger charge is 2.20. The molecule has 0 radical (unpaired) electrons. The number of nitrogens with zero attached hydrogens (tertiary/aromatic N) is 4. The second-order valence-electron chi connectivity index (χ2n) is 5.58. The van der Waals surface area contributed by atoms with Gasteiger partial charge in [0, 0.05) is 26.3 Å². The van der Waals surface area contributed by atoms with E-state index in [4.69, 9.17) is 0 Å². The van der Waals surface area contributed by atoms with E-state index in [1.165, 1.54) is 0 Å². The average Bonchev–Trinajstić information content (AvgIpc) is 2.69. The van der Waals surface area contributed by atoms with Crippen molar-refractivity contribution in [1.29, 1.82) is 0 Å². The zero-order valence-electron chi connectivity index (χ0n) is 13.2. The highest BCUT2D eigenvalue weighted by Crippen LogP contribution is 2.22. The van der Waals surface area contributed by atoms with Crippen LogP contribution >= 0.6 is 0 Å². The number of carbonyl (C=O) groups excluding carboxylic acids is 1. The number of rotatable bonds is 4. The van der Waals surface area contributed by atoms with Crippen molar-refractivity contribution in [2.75, 3.05) is 13.6 Å². The lowest BCUT2D eigenvalue weighted by molar-refractivity contribution is 0.0770. The Kier molecular flexibility index (Phi) is 4.27. The summed E-state index contributed by atoms with van der Waals surface area (Å²) < 4.78 is 1.70. The fourth-order valence-electron chi connectivity index (χ4n) is 2.43. The van der Waals surface area contributed by atoms with Crippen LogP contribution in [0.15, 0.2) is 6.07 Å². The van der Waals surface area contributed by atoms with Gasteiger partial charge >= 0.3 is 0 Å². The Morgan fingerprint density at radius 3 is 2.76 bits per heavy atom. The molecule has 0 spiro atoms. The molecule has 0 bridgehead atoms. The summed E-state index contributed by atoms with van der Waals surface area (Å²) in [5, 5.41) is 14.5. The summed E-state index contributed by atoms with van der Waals surface area (Å²) in [4.78, 5) is 18.8. The van der Waals surface area contributed by atoms with Gasteiger partial charge < -0.3 is 10.0 Å². The molecule has 1 N–H and O–H groups in total. The summed E-state index contributed by atoms with van der Waals surface area (Å²) in [6, 6.07) is 1.80. The summed E-state index contributed by atoms with van der Waals surface area (Å²) in [7, 11) is 3.57. The van der Waals surface area contributed by atoms with Crippen LogP contribution in [0.25, 0.3) is 11.0 Å². The average molecular weight is 290 g/mol. The number of hydrogen-bond donors (Lipinski definition) is 1. The van der Waals surface area contributed by atoms with Crippen LogP contribution in [0, 0.1) is 13.8 Å². The predicted molar refractivity (Wildman–Crippen MR) is 81.2 cm³/mol. The van der Waals surface area contributed by atoms with Crippen molar-refractivity contribution in [3.05, 3.63) is 23.0 Å². The Labute approximate surface area is 124 Å². The molecule has 0 saturated carbocycles. The van der Waals surface area contributed by atoms with Gasteiger partial charge in [-0.3, -0.25) is 9.48 Å². The predicted octanol–water partition coefficient (Wildman–Crippen LogP) is 1.43. The standard InChI is InChI=1S/C15H22N4O2/c1-9-8-12(15(21)18(4)7-6-10(2)20)13-11(3)17-19(5)14(13)16-9/h8,10,20H,6-7H2,1-5H3. The number of pyridine rings is 1. The minimum Gasteiger partial charge on any atom is -0.393 e. The fourth-order valence-corrected chi connectivity index (χ4v) is 2.43. The molecular formula is C15H22N4O2. The van der Waals surface area contributed by atoms with E-state index in [9.17, 15) is 9.90 Å². The van der Waals surface area contributed by atoms with Gasteiger partial charge in [-0.25, -0.2) is 4.98 Å². The van der Waals surface area contributed by atoms with Crippen molar-refractivity contribution in [3.63, 3.8) is 0 Å². The van der Waals surface area contributed by atoms with Gasteiger partial charge in [-0.2, -0.15) is 5.10 Å². The summed E-state index contributed by atoms with van der Waals surface area (Å²) in [6.45, 7) is 5.98. The van der Waals surface area contributed by atoms with E-state index in [0.717, 1.165) is 22.4 Å². The quantitative estimate of drug-likeness (QED) is 0.924. The van der Waals surface area contributed by atoms with Crippen LogP contribution in [0.1, 0.15) is 35.1 Å². The number of aryl methyl sites for hydroxylation is 3. The maximum absolute atomic E-state index is 12.7. The van der Waals surface area contributed by atoms with Gasteiger partial charge in [0.2, 0.25) is 0 Å². The van der Waals surface area contributed by atoms with E-state index in [0.29, 0.717) is 18.5 Å². The lowest BCUT2D eigenvalue weighted by Crippen LogP contribution is -2.29. The number of hydrogen-bond acceptors (Lipinski definition) is 4. The molecule has 2 heterocycles. The van der Waals surface area contributed by atoms with Crippen LogP contribution in [0.5, 0.6) is 0 Å². The largest absolute Gasteiger partial charge is 0.393 e. The Morgan fingerprint density at radius 1 is 1.48 bits per heavy atom. The van der Waals surface area contributed by atoms with Gasteiger partial charge in [-0.1, -0.05) is 0 Å². The zero-order valence-corrected chi connectivity index (χ0v) is 13.2. The summed E-state index contributed by atoms with van der Waals surface area (Å²) >= 11 is 0. The monoisotopic (exact) mass is 290 g/mol. The number of aliphatic hydroxyl groups excluding tert-OH is 1. The molecule has 2 aromatic rings. The lowest BCUT2D eigenvalue weighted by atomic mass is 10.1. The molecular weight excluding hydrogens is 268 g/mol. The Bertz CT molecular complexity index is 676. The van der Waals surface area contributed by atoms with Gasteiger partial charge in [-0.05, 0) is 33.3 Å². The molecule has 1 amide bonds. The van der Waals surface area contributed by atoms with E-state index in [-0.39, 0.29) is 5.91 Å². The summed E-state index contributed by atoms with van der Waals surface area (Å²) in [5.41, 5.74) is 2.93. The maximum atomic E-state index is 12.7. The molecule has 21 heavy (non-hydrogen) atoms. The third-order valence-corrected chi connectivity index (χ3v) is 3.56. The van der Waals surface area contributed by atoms with Crippen molar-refractivity contribution in [1.82, 2.24) is 19.7 Å². The van der Waals surface area contributed by atoms with Crippen molar-refractivity contribution < 1.29 is 9.90 Å². The first kappa shape index (κ1) is 15.4. The normalized spacial score (nSPS) is 12.7. The van der Waals surface area contributed by atoms with E-state index in [1.54, 1.807) is 29.6 Å². The molecule has 0 aliphatic carbocycles. The zero-order chi connectivity index (χ0) is 15.7. The first-order valence-corrected chi connectivity index (χ1v) is 7.05. The van der Waals surface area contributed by atoms with Crippen LogP contribution in [-0.4, -0.2) is 50.4 Å². The van der Waals surface area contributed by atoms with E-state index < -0.39 is 6.10 Å². The molecule has 0 saturated heterocycles. The molecule has 0 aromatic carbocycles. The van der Waals surface area contributed by atoms with Crippen molar-refractivity contribution >= 4 is 16.9 Å². The van der Waals surface area contributed by atoms with Gasteiger partial charge in [0.25, 0.3) is 5.91 Å². The number of aliphatic hydroxyl groups is 1. The Balaban J connectivity index is 2.43. The van der Waals surface area contributed by atoms with Gasteiger partial charge in [-0.15, -0.1) is 0 Å². The van der Waals surface area contributed by atoms with Crippen LogP contribution in [0.4, 0.5) is 0 Å². The third-order valence-electron chi connectivity index (χ3n) is 3.56. The SMILES string of the molecule is Cc1cc(C(=O)N(C)CCC(C)O)c2c(C)nn(C)c2n1. The number of aromatic nitrogens is 3. The Hall–Kier alpha value is -1.95. The van der Waals surface area contributed by atoms with Gasteiger partial charge in [0.05, 0.1) is 22.7 Å². The molecule has 6 nitrogen and oxygen atoms in total. The second kappa shape index (κ2) is 5.81. The van der Waals surface area contributed by atoms with Gasteiger partial charge in [0.15, 0.2) is 5.65 Å². The summed E-state index contributed by atoms with van der Waals surface area (Å²) in [6.07, 6.45) is 0.140. The minimum atomic E-state index is -0.417. The number of carbonyl (C=O) groups is 1. The topological polar surface area (TPSA) is 71.2 Å². The first-order chi connectivity index (χ1) is 9.81. The number of fused-ring (bicyclic) bond motifs is 1. The lowest BCUT2D eigenvalue weighted by Gasteiger charge is -2.18. The van der Waals surface area contributed by atoms with Crippen LogP contribution in [0.2, 0.25) is 0 Å². The molecule has 114 valence electrons. The van der Waals surface area contributed by atoms with Crippen molar-refractivity contribution in [2.24, 2.45) is 7.05 Å². The molecule has 0 fully saturated rings. The van der Waals surface area contributed by atoms with Crippen LogP contribution < -0.4 is 0 Å². The van der Waals surface area contributed by atoms with E-state index in [1.807, 2.05) is 20.9 Å². The summed E-state index contributed by atoms with van der Waals surface area (Å²) in [5.74, 6) is -0.0674. The van der Waals surface area contributed by atoms with Crippen molar-refractivity contribution in [2.45, 2.75) is 33.3 Å². The molecule has 0 aliphatic heterocycles. The number of amides is 1. The highest BCUT2D eigenvalue weighted by molar-refractivity contribution is 6.06. The fraction of sp³-hybridized carbons (Fsp3) is 0.533. The minimum absolute atomic E-state index is 0.0674. The van der Waals surface area contributed by atoms with E-state index in [2.05, 4.69) is 10.1 Å². The molecule has 2 rings (SSSR count). The Morgan fingerprint density at radius 2 is 2.14 bits per heavy atom. The van der Waals surface area contributed by atoms with E-state index >= 15 is 0 Å². The molecule has 6 heteroatoms. The molecule has 0 aliphatic rings. The van der Waals surface area contributed by atoms with Crippen LogP contribution in [-0.2, 0) is 7.05 Å². The first-order valence-electron chi connectivity index (χ1n) is 7.05. The molecule has 1 atom stereocenters. The third kappa shape index (κ3) is 3.05.